The molecule has 1 amide bonds. The molecular formula is C18H18BrClFN3O3S. The molecule has 1 aromatic heterocycles. The largest absolute Gasteiger partial charge is 0.352 e. The number of aromatic nitrogens is 1. The van der Waals surface area contributed by atoms with Crippen molar-refractivity contribution in [2.24, 2.45) is 5.92 Å². The van der Waals surface area contributed by atoms with Crippen molar-refractivity contribution in [1.29, 1.82) is 0 Å². The van der Waals surface area contributed by atoms with Crippen LogP contribution in [0, 0.1) is 11.7 Å². The van der Waals surface area contributed by atoms with Crippen LogP contribution >= 0.6 is 27.5 Å². The van der Waals surface area contributed by atoms with Crippen LogP contribution in [0.2, 0.25) is 5.15 Å². The van der Waals surface area contributed by atoms with Crippen LogP contribution < -0.4 is 5.32 Å². The third-order valence-electron chi connectivity index (χ3n) is 4.63. The van der Waals surface area contributed by atoms with Gasteiger partial charge in [-0.05, 0) is 48.7 Å². The number of carbonyl (C=O) groups excluding carboxylic acids is 1. The molecule has 0 unspecified atom stereocenters. The number of carbonyl (C=O) groups is 1. The first kappa shape index (κ1) is 21.2. The molecule has 2 aromatic rings. The Kier molecular flexibility index (Phi) is 6.69. The number of sulfonamides is 1. The quantitative estimate of drug-likeness (QED) is 0.652. The van der Waals surface area contributed by atoms with Crippen molar-refractivity contribution in [3.05, 3.63) is 57.5 Å². The van der Waals surface area contributed by atoms with Gasteiger partial charge in [0.05, 0.1) is 0 Å². The maximum absolute atomic E-state index is 13.3. The molecule has 1 saturated heterocycles. The van der Waals surface area contributed by atoms with Crippen molar-refractivity contribution < 1.29 is 17.6 Å². The van der Waals surface area contributed by atoms with E-state index in [2.05, 4.69) is 26.2 Å². The summed E-state index contributed by atoms with van der Waals surface area (Å²) in [7, 11) is -3.75. The molecular weight excluding hydrogens is 473 g/mol. The van der Waals surface area contributed by atoms with Crippen molar-refractivity contribution in [1.82, 2.24) is 14.6 Å². The standard InChI is InChI=1S/C18H18BrClFN3O3S/c19-15-4-3-14(21)10-13(15)11-23-18(25)12-5-8-24(9-6-12)28(26,27)16-2-1-7-22-17(16)20/h1-4,7,10,12H,5-6,8-9,11H2,(H,23,25). The monoisotopic (exact) mass is 489 g/mol. The lowest BCUT2D eigenvalue weighted by molar-refractivity contribution is -0.126. The Hall–Kier alpha value is -1.55. The summed E-state index contributed by atoms with van der Waals surface area (Å²) in [6.45, 7) is 0.631. The van der Waals surface area contributed by atoms with E-state index in [0.717, 1.165) is 0 Å². The highest BCUT2D eigenvalue weighted by molar-refractivity contribution is 9.10. The molecule has 0 spiro atoms. The van der Waals surface area contributed by atoms with Crippen LogP contribution in [0.5, 0.6) is 0 Å². The van der Waals surface area contributed by atoms with Gasteiger partial charge in [0, 0.05) is 36.2 Å². The van der Waals surface area contributed by atoms with E-state index in [0.29, 0.717) is 22.9 Å². The topological polar surface area (TPSA) is 79.4 Å². The van der Waals surface area contributed by atoms with Gasteiger partial charge in [0.2, 0.25) is 15.9 Å². The highest BCUT2D eigenvalue weighted by Crippen LogP contribution is 2.27. The predicted molar refractivity (Wildman–Crippen MR) is 107 cm³/mol. The lowest BCUT2D eigenvalue weighted by atomic mass is 9.97. The number of hydrogen-bond acceptors (Lipinski definition) is 4. The van der Waals surface area contributed by atoms with Gasteiger partial charge in [-0.3, -0.25) is 4.79 Å². The van der Waals surface area contributed by atoms with Crippen LogP contribution in [0.1, 0.15) is 18.4 Å². The second kappa shape index (κ2) is 8.86. The Morgan fingerprint density at radius 1 is 1.32 bits per heavy atom. The molecule has 0 atom stereocenters. The smallest absolute Gasteiger partial charge is 0.246 e. The zero-order chi connectivity index (χ0) is 20.3. The summed E-state index contributed by atoms with van der Waals surface area (Å²) in [5, 5.41) is 2.73. The molecule has 1 fully saturated rings. The Labute approximate surface area is 176 Å². The SMILES string of the molecule is O=C(NCc1cc(F)ccc1Br)C1CCN(S(=O)(=O)c2cccnc2Cl)CC1. The molecule has 0 bridgehead atoms. The molecule has 10 heteroatoms. The predicted octanol–water partition coefficient (Wildman–Crippen LogP) is 3.35. The molecule has 0 radical (unpaired) electrons. The fraction of sp³-hybridized carbons (Fsp3) is 0.333. The van der Waals surface area contributed by atoms with Crippen LogP contribution in [-0.2, 0) is 21.4 Å². The highest BCUT2D eigenvalue weighted by atomic mass is 79.9. The summed E-state index contributed by atoms with van der Waals surface area (Å²) in [4.78, 5) is 16.2. The van der Waals surface area contributed by atoms with E-state index in [-0.39, 0.29) is 47.3 Å². The van der Waals surface area contributed by atoms with Gasteiger partial charge >= 0.3 is 0 Å². The second-order valence-electron chi connectivity index (χ2n) is 6.42. The van der Waals surface area contributed by atoms with E-state index in [1.54, 1.807) is 6.07 Å². The third kappa shape index (κ3) is 4.71. The van der Waals surface area contributed by atoms with E-state index in [1.807, 2.05) is 0 Å². The van der Waals surface area contributed by atoms with Crippen LogP contribution in [-0.4, -0.2) is 36.7 Å². The summed E-state index contributed by atoms with van der Waals surface area (Å²) >= 11 is 9.25. The zero-order valence-electron chi connectivity index (χ0n) is 14.7. The van der Waals surface area contributed by atoms with Gasteiger partial charge in [0.15, 0.2) is 0 Å². The number of rotatable bonds is 5. The molecule has 2 heterocycles. The minimum Gasteiger partial charge on any atom is -0.352 e. The van der Waals surface area contributed by atoms with Gasteiger partial charge in [-0.15, -0.1) is 0 Å². The summed E-state index contributed by atoms with van der Waals surface area (Å²) in [6, 6.07) is 7.21. The minimum absolute atomic E-state index is 0.0319. The van der Waals surface area contributed by atoms with Crippen molar-refractivity contribution in [2.45, 2.75) is 24.3 Å². The van der Waals surface area contributed by atoms with Gasteiger partial charge in [-0.25, -0.2) is 17.8 Å². The van der Waals surface area contributed by atoms with E-state index in [9.17, 15) is 17.6 Å². The van der Waals surface area contributed by atoms with Crippen molar-refractivity contribution in [3.8, 4) is 0 Å². The molecule has 1 aliphatic rings. The molecule has 1 N–H and O–H groups in total. The number of benzene rings is 1. The Bertz CT molecular complexity index is 982. The number of nitrogens with one attached hydrogen (secondary N) is 1. The van der Waals surface area contributed by atoms with Gasteiger partial charge in [-0.1, -0.05) is 27.5 Å². The van der Waals surface area contributed by atoms with E-state index in [1.165, 1.54) is 34.8 Å². The molecule has 6 nitrogen and oxygen atoms in total. The number of pyridine rings is 1. The summed E-state index contributed by atoms with van der Waals surface area (Å²) in [5.74, 6) is -0.851. The fourth-order valence-corrected chi connectivity index (χ4v) is 5.35. The summed E-state index contributed by atoms with van der Waals surface area (Å²) < 4.78 is 40.8. The Morgan fingerprint density at radius 2 is 2.04 bits per heavy atom. The molecule has 1 aromatic carbocycles. The molecule has 3 rings (SSSR count). The van der Waals surface area contributed by atoms with E-state index >= 15 is 0 Å². The third-order valence-corrected chi connectivity index (χ3v) is 7.75. The highest BCUT2D eigenvalue weighted by Gasteiger charge is 2.33. The van der Waals surface area contributed by atoms with Crippen molar-refractivity contribution in [3.63, 3.8) is 0 Å². The Balaban J connectivity index is 1.58. The number of hydrogen-bond donors (Lipinski definition) is 1. The minimum atomic E-state index is -3.75. The maximum atomic E-state index is 13.3. The van der Waals surface area contributed by atoms with Crippen LogP contribution in [0.25, 0.3) is 0 Å². The number of halogens is 3. The Morgan fingerprint density at radius 3 is 2.71 bits per heavy atom. The van der Waals surface area contributed by atoms with Crippen LogP contribution in [0.15, 0.2) is 45.9 Å². The summed E-state index contributed by atoms with van der Waals surface area (Å²) in [5.41, 5.74) is 0.639. The van der Waals surface area contributed by atoms with E-state index in [4.69, 9.17) is 11.6 Å². The van der Waals surface area contributed by atoms with E-state index < -0.39 is 10.0 Å². The van der Waals surface area contributed by atoms with Gasteiger partial charge < -0.3 is 5.32 Å². The lowest BCUT2D eigenvalue weighted by Crippen LogP contribution is -2.43. The molecule has 0 aliphatic carbocycles. The van der Waals surface area contributed by atoms with Crippen LogP contribution in [0.3, 0.4) is 0 Å². The van der Waals surface area contributed by atoms with Gasteiger partial charge in [0.1, 0.15) is 15.9 Å². The first-order valence-electron chi connectivity index (χ1n) is 8.61. The van der Waals surface area contributed by atoms with Gasteiger partial charge in [-0.2, -0.15) is 4.31 Å². The molecule has 28 heavy (non-hydrogen) atoms. The average molecular weight is 491 g/mol. The second-order valence-corrected chi connectivity index (χ2v) is 9.54. The molecule has 0 saturated carbocycles. The lowest BCUT2D eigenvalue weighted by Gasteiger charge is -2.30. The van der Waals surface area contributed by atoms with Crippen molar-refractivity contribution in [2.75, 3.05) is 13.1 Å². The molecule has 150 valence electrons. The number of amides is 1. The number of nitrogens with zero attached hydrogens (tertiary/aromatic N) is 2. The molecule has 1 aliphatic heterocycles. The fourth-order valence-electron chi connectivity index (χ4n) is 3.07. The van der Waals surface area contributed by atoms with Crippen molar-refractivity contribution >= 4 is 43.5 Å². The number of piperidine rings is 1. The maximum Gasteiger partial charge on any atom is 0.246 e. The normalized spacial score (nSPS) is 16.1. The average Bonchev–Trinajstić information content (AvgIpc) is 2.68. The first-order chi connectivity index (χ1) is 13.3. The first-order valence-corrected chi connectivity index (χ1v) is 11.2. The van der Waals surface area contributed by atoms with Gasteiger partial charge in [0.25, 0.3) is 0 Å². The van der Waals surface area contributed by atoms with Crippen LogP contribution in [0.4, 0.5) is 4.39 Å². The zero-order valence-corrected chi connectivity index (χ0v) is 17.9. The summed E-state index contributed by atoms with van der Waals surface area (Å²) in [6.07, 6.45) is 2.22.